The van der Waals surface area contributed by atoms with Crippen LogP contribution in [0.15, 0.2) is 30.5 Å². The molecule has 0 N–H and O–H groups in total. The molecule has 0 amide bonds. The van der Waals surface area contributed by atoms with Crippen molar-refractivity contribution >= 4 is 0 Å². The van der Waals surface area contributed by atoms with E-state index in [2.05, 4.69) is 30.1 Å². The maximum atomic E-state index is 5.43. The van der Waals surface area contributed by atoms with Crippen molar-refractivity contribution in [3.8, 4) is 23.5 Å². The standard InChI is InChI=1S/C13H12N2/c1-4-13-12(9-15(3)14-13)11-8-6-5-7-10(11)2/h1,5-9H,2-3H3. The zero-order chi connectivity index (χ0) is 10.8. The first-order chi connectivity index (χ1) is 7.22. The maximum absolute atomic E-state index is 5.43. The van der Waals surface area contributed by atoms with Crippen LogP contribution in [0.5, 0.6) is 0 Å². The first-order valence-electron chi connectivity index (χ1n) is 4.78. The van der Waals surface area contributed by atoms with E-state index in [1.165, 1.54) is 5.56 Å². The van der Waals surface area contributed by atoms with Crippen molar-refractivity contribution in [1.29, 1.82) is 0 Å². The molecule has 0 aliphatic rings. The van der Waals surface area contributed by atoms with Gasteiger partial charge in [0.25, 0.3) is 0 Å². The fraction of sp³-hybridized carbons (Fsp3) is 0.154. The van der Waals surface area contributed by atoms with E-state index in [0.29, 0.717) is 5.69 Å². The fourth-order valence-electron chi connectivity index (χ4n) is 1.67. The first-order valence-corrected chi connectivity index (χ1v) is 4.78. The molecule has 74 valence electrons. The summed E-state index contributed by atoms with van der Waals surface area (Å²) < 4.78 is 1.75. The van der Waals surface area contributed by atoms with Crippen LogP contribution in [-0.2, 0) is 7.05 Å². The van der Waals surface area contributed by atoms with Gasteiger partial charge in [0.15, 0.2) is 0 Å². The van der Waals surface area contributed by atoms with Crippen molar-refractivity contribution < 1.29 is 0 Å². The Kier molecular flexibility index (Phi) is 2.31. The molecule has 0 unspecified atom stereocenters. The van der Waals surface area contributed by atoms with Crippen molar-refractivity contribution in [2.75, 3.05) is 0 Å². The molecule has 0 aliphatic heterocycles. The number of hydrogen-bond acceptors (Lipinski definition) is 1. The smallest absolute Gasteiger partial charge is 0.142 e. The normalized spacial score (nSPS) is 9.93. The Morgan fingerprint density at radius 3 is 2.67 bits per heavy atom. The second kappa shape index (κ2) is 3.62. The third-order valence-electron chi connectivity index (χ3n) is 2.40. The van der Waals surface area contributed by atoms with Crippen LogP contribution in [0.4, 0.5) is 0 Å². The lowest BCUT2D eigenvalue weighted by Crippen LogP contribution is -1.86. The van der Waals surface area contributed by atoms with Gasteiger partial charge in [0.1, 0.15) is 5.69 Å². The lowest BCUT2D eigenvalue weighted by molar-refractivity contribution is 0.764. The summed E-state index contributed by atoms with van der Waals surface area (Å²) in [6.07, 6.45) is 7.38. The summed E-state index contributed by atoms with van der Waals surface area (Å²) in [5.74, 6) is 2.61. The molecule has 2 aromatic rings. The van der Waals surface area contributed by atoms with Crippen LogP contribution >= 0.6 is 0 Å². The van der Waals surface area contributed by atoms with E-state index in [4.69, 9.17) is 6.42 Å². The molecule has 1 heterocycles. The molecule has 0 saturated heterocycles. The van der Waals surface area contributed by atoms with E-state index < -0.39 is 0 Å². The van der Waals surface area contributed by atoms with Crippen molar-refractivity contribution in [3.63, 3.8) is 0 Å². The quantitative estimate of drug-likeness (QED) is 0.640. The minimum Gasteiger partial charge on any atom is -0.274 e. The molecule has 0 fully saturated rings. The Morgan fingerprint density at radius 1 is 1.27 bits per heavy atom. The largest absolute Gasteiger partial charge is 0.274 e. The second-order valence-corrected chi connectivity index (χ2v) is 3.52. The van der Waals surface area contributed by atoms with Crippen LogP contribution in [-0.4, -0.2) is 9.78 Å². The van der Waals surface area contributed by atoms with Gasteiger partial charge in [0, 0.05) is 18.8 Å². The van der Waals surface area contributed by atoms with E-state index >= 15 is 0 Å². The lowest BCUT2D eigenvalue weighted by Gasteiger charge is -2.02. The van der Waals surface area contributed by atoms with Crippen molar-refractivity contribution in [2.45, 2.75) is 6.92 Å². The maximum Gasteiger partial charge on any atom is 0.142 e. The molecular weight excluding hydrogens is 184 g/mol. The van der Waals surface area contributed by atoms with Crippen molar-refractivity contribution in [2.24, 2.45) is 7.05 Å². The molecule has 0 saturated carbocycles. The molecule has 2 nitrogen and oxygen atoms in total. The van der Waals surface area contributed by atoms with E-state index in [9.17, 15) is 0 Å². The highest BCUT2D eigenvalue weighted by molar-refractivity contribution is 5.71. The topological polar surface area (TPSA) is 17.8 Å². The van der Waals surface area contributed by atoms with Gasteiger partial charge in [-0.05, 0) is 24.0 Å². The Bertz CT molecular complexity index is 530. The van der Waals surface area contributed by atoms with E-state index in [0.717, 1.165) is 11.1 Å². The van der Waals surface area contributed by atoms with Gasteiger partial charge in [0.2, 0.25) is 0 Å². The molecule has 0 aliphatic carbocycles. The van der Waals surface area contributed by atoms with Crippen LogP contribution in [0.2, 0.25) is 0 Å². The molecule has 2 heteroatoms. The van der Waals surface area contributed by atoms with Crippen LogP contribution in [0.3, 0.4) is 0 Å². The van der Waals surface area contributed by atoms with Crippen LogP contribution in [0.1, 0.15) is 11.3 Å². The van der Waals surface area contributed by atoms with Gasteiger partial charge in [-0.25, -0.2) is 0 Å². The van der Waals surface area contributed by atoms with Gasteiger partial charge in [-0.3, -0.25) is 4.68 Å². The summed E-state index contributed by atoms with van der Waals surface area (Å²) >= 11 is 0. The minimum atomic E-state index is 0.701. The van der Waals surface area contributed by atoms with E-state index in [1.54, 1.807) is 4.68 Å². The number of aryl methyl sites for hydroxylation is 2. The number of terminal acetylenes is 1. The summed E-state index contributed by atoms with van der Waals surface area (Å²) in [5.41, 5.74) is 4.09. The van der Waals surface area contributed by atoms with Gasteiger partial charge >= 0.3 is 0 Å². The summed E-state index contributed by atoms with van der Waals surface area (Å²) in [7, 11) is 1.88. The summed E-state index contributed by atoms with van der Waals surface area (Å²) in [6.45, 7) is 2.07. The molecule has 1 aromatic heterocycles. The van der Waals surface area contributed by atoms with E-state index in [-0.39, 0.29) is 0 Å². The highest BCUT2D eigenvalue weighted by Gasteiger charge is 2.09. The Labute approximate surface area is 89.6 Å². The van der Waals surface area contributed by atoms with Gasteiger partial charge < -0.3 is 0 Å². The second-order valence-electron chi connectivity index (χ2n) is 3.52. The molecule has 0 atom stereocenters. The Hall–Kier alpha value is -2.01. The summed E-state index contributed by atoms with van der Waals surface area (Å²) in [4.78, 5) is 0. The highest BCUT2D eigenvalue weighted by Crippen LogP contribution is 2.25. The molecule has 0 radical (unpaired) electrons. The lowest BCUT2D eigenvalue weighted by atomic mass is 10.0. The third-order valence-corrected chi connectivity index (χ3v) is 2.40. The monoisotopic (exact) mass is 196 g/mol. The molecule has 2 rings (SSSR count). The highest BCUT2D eigenvalue weighted by atomic mass is 15.2. The number of hydrogen-bond donors (Lipinski definition) is 0. The fourth-order valence-corrected chi connectivity index (χ4v) is 1.67. The SMILES string of the molecule is C#Cc1nn(C)cc1-c1ccccc1C. The minimum absolute atomic E-state index is 0.701. The van der Waals surface area contributed by atoms with Crippen molar-refractivity contribution in [3.05, 3.63) is 41.7 Å². The Morgan fingerprint density at radius 2 is 2.00 bits per heavy atom. The third kappa shape index (κ3) is 1.64. The van der Waals surface area contributed by atoms with Crippen LogP contribution < -0.4 is 0 Å². The van der Waals surface area contributed by atoms with Crippen LogP contribution in [0, 0.1) is 19.3 Å². The molecule has 15 heavy (non-hydrogen) atoms. The summed E-state index contributed by atoms with van der Waals surface area (Å²) in [6, 6.07) is 8.16. The number of rotatable bonds is 1. The Balaban J connectivity index is 2.65. The molecule has 1 aromatic carbocycles. The molecule has 0 spiro atoms. The average Bonchev–Trinajstić information content (AvgIpc) is 2.60. The van der Waals surface area contributed by atoms with Crippen molar-refractivity contribution in [1.82, 2.24) is 9.78 Å². The van der Waals surface area contributed by atoms with Gasteiger partial charge in [-0.15, -0.1) is 6.42 Å². The van der Waals surface area contributed by atoms with Gasteiger partial charge in [-0.1, -0.05) is 24.3 Å². The predicted molar refractivity (Wildman–Crippen MR) is 61.3 cm³/mol. The predicted octanol–water partition coefficient (Wildman–Crippen LogP) is 2.38. The number of nitrogens with zero attached hydrogens (tertiary/aromatic N) is 2. The van der Waals surface area contributed by atoms with E-state index in [1.807, 2.05) is 25.4 Å². The molecule has 0 bridgehead atoms. The number of aromatic nitrogens is 2. The van der Waals surface area contributed by atoms with Crippen LogP contribution in [0.25, 0.3) is 11.1 Å². The summed E-state index contributed by atoms with van der Waals surface area (Å²) in [5, 5.41) is 4.23. The van der Waals surface area contributed by atoms with Gasteiger partial charge in [0.05, 0.1) is 0 Å². The zero-order valence-corrected chi connectivity index (χ0v) is 8.86. The number of benzene rings is 1. The zero-order valence-electron chi connectivity index (χ0n) is 8.86. The van der Waals surface area contributed by atoms with Gasteiger partial charge in [-0.2, -0.15) is 5.10 Å². The average molecular weight is 196 g/mol. The molecular formula is C13H12N2. The first kappa shape index (κ1) is 9.54.